The van der Waals surface area contributed by atoms with Crippen molar-refractivity contribution < 1.29 is 4.39 Å². The smallest absolute Gasteiger partial charge is 0.146 e. The summed E-state index contributed by atoms with van der Waals surface area (Å²) < 4.78 is 14.0. The van der Waals surface area contributed by atoms with Crippen molar-refractivity contribution in [2.45, 2.75) is 19.3 Å². The van der Waals surface area contributed by atoms with Crippen LogP contribution in [-0.2, 0) is 0 Å². The number of aryl methyl sites for hydroxylation is 1. The predicted octanol–water partition coefficient (Wildman–Crippen LogP) is 5.17. The molecular formula is C20H19ClFN3. The second kappa shape index (κ2) is 6.52. The Morgan fingerprint density at radius 2 is 1.92 bits per heavy atom. The maximum absolute atomic E-state index is 14.0. The second-order valence-electron chi connectivity index (χ2n) is 6.49. The van der Waals surface area contributed by atoms with Gasteiger partial charge in [-0.05, 0) is 37.6 Å². The molecule has 1 aliphatic heterocycles. The lowest BCUT2D eigenvalue weighted by atomic mass is 10.1. The number of nitrogens with one attached hydrogen (secondary N) is 1. The number of anilines is 1. The Bertz CT molecular complexity index is 888. The average Bonchev–Trinajstić information content (AvgIpc) is 3.23. The van der Waals surface area contributed by atoms with Crippen LogP contribution < -0.4 is 4.90 Å². The number of imidazole rings is 1. The number of aromatic nitrogens is 2. The molecule has 3 nitrogen and oxygen atoms in total. The summed E-state index contributed by atoms with van der Waals surface area (Å²) in [6.45, 7) is 3.64. The normalized spacial score (nSPS) is 17.2. The molecule has 1 fully saturated rings. The highest BCUT2D eigenvalue weighted by Crippen LogP contribution is 2.33. The molecule has 1 aliphatic rings. The molecule has 2 aromatic carbocycles. The van der Waals surface area contributed by atoms with E-state index >= 15 is 0 Å². The summed E-state index contributed by atoms with van der Waals surface area (Å²) in [6.07, 6.45) is 0.960. The lowest BCUT2D eigenvalue weighted by Crippen LogP contribution is -2.20. The molecular weight excluding hydrogens is 337 g/mol. The summed E-state index contributed by atoms with van der Waals surface area (Å²) >= 11 is 5.97. The van der Waals surface area contributed by atoms with Gasteiger partial charge in [0.05, 0.1) is 11.4 Å². The minimum absolute atomic E-state index is 0.166. The van der Waals surface area contributed by atoms with Crippen LogP contribution in [0.25, 0.3) is 11.3 Å². The Hall–Kier alpha value is -2.33. The summed E-state index contributed by atoms with van der Waals surface area (Å²) in [5, 5.41) is 0.716. The van der Waals surface area contributed by atoms with E-state index < -0.39 is 0 Å². The monoisotopic (exact) mass is 355 g/mol. The van der Waals surface area contributed by atoms with Gasteiger partial charge in [0.15, 0.2) is 0 Å². The fraction of sp³-hybridized carbons (Fsp3) is 0.250. The van der Waals surface area contributed by atoms with Gasteiger partial charge in [0, 0.05) is 35.3 Å². The second-order valence-corrected chi connectivity index (χ2v) is 6.92. The van der Waals surface area contributed by atoms with Crippen molar-refractivity contribution in [3.63, 3.8) is 0 Å². The van der Waals surface area contributed by atoms with Crippen molar-refractivity contribution in [1.82, 2.24) is 9.97 Å². The molecule has 1 saturated heterocycles. The van der Waals surface area contributed by atoms with E-state index in [0.717, 1.165) is 42.3 Å². The van der Waals surface area contributed by atoms with Gasteiger partial charge in [0.25, 0.3) is 0 Å². The van der Waals surface area contributed by atoms with Crippen molar-refractivity contribution in [3.8, 4) is 11.3 Å². The molecule has 4 rings (SSSR count). The molecule has 0 amide bonds. The summed E-state index contributed by atoms with van der Waals surface area (Å²) in [4.78, 5) is 10.3. The van der Waals surface area contributed by atoms with Crippen molar-refractivity contribution in [3.05, 3.63) is 70.9 Å². The molecule has 0 radical (unpaired) electrons. The lowest BCUT2D eigenvalue weighted by Gasteiger charge is -2.18. The van der Waals surface area contributed by atoms with Crippen molar-refractivity contribution >= 4 is 17.3 Å². The molecule has 0 spiro atoms. The first-order valence-corrected chi connectivity index (χ1v) is 8.81. The SMILES string of the molecule is Cc1[nH]c(C2CCN(c3ccccc3F)C2)nc1-c1ccc(Cl)cc1. The minimum atomic E-state index is -0.166. The highest BCUT2D eigenvalue weighted by atomic mass is 35.5. The third kappa shape index (κ3) is 3.14. The number of nitrogens with zero attached hydrogens (tertiary/aromatic N) is 2. The highest BCUT2D eigenvalue weighted by Gasteiger charge is 2.28. The molecule has 5 heteroatoms. The first kappa shape index (κ1) is 16.2. The van der Waals surface area contributed by atoms with Crippen LogP contribution in [-0.4, -0.2) is 23.1 Å². The molecule has 0 aliphatic carbocycles. The van der Waals surface area contributed by atoms with Crippen molar-refractivity contribution in [1.29, 1.82) is 0 Å². The first-order chi connectivity index (χ1) is 12.1. The fourth-order valence-electron chi connectivity index (χ4n) is 3.48. The zero-order valence-electron chi connectivity index (χ0n) is 14.0. The van der Waals surface area contributed by atoms with Crippen LogP contribution >= 0.6 is 11.6 Å². The van der Waals surface area contributed by atoms with Crippen LogP contribution in [0, 0.1) is 12.7 Å². The van der Waals surface area contributed by atoms with Gasteiger partial charge in [-0.1, -0.05) is 35.9 Å². The van der Waals surface area contributed by atoms with Gasteiger partial charge in [-0.3, -0.25) is 0 Å². The topological polar surface area (TPSA) is 31.9 Å². The van der Waals surface area contributed by atoms with Crippen molar-refractivity contribution in [2.24, 2.45) is 0 Å². The quantitative estimate of drug-likeness (QED) is 0.702. The molecule has 128 valence electrons. The van der Waals surface area contributed by atoms with Gasteiger partial charge in [-0.15, -0.1) is 0 Å². The third-order valence-electron chi connectivity index (χ3n) is 4.79. The zero-order chi connectivity index (χ0) is 17.4. The van der Waals surface area contributed by atoms with E-state index in [1.54, 1.807) is 6.07 Å². The fourth-order valence-corrected chi connectivity index (χ4v) is 3.60. The number of rotatable bonds is 3. The maximum Gasteiger partial charge on any atom is 0.146 e. The Balaban J connectivity index is 1.56. The van der Waals surface area contributed by atoms with E-state index in [1.165, 1.54) is 6.07 Å². The number of hydrogen-bond donors (Lipinski definition) is 1. The third-order valence-corrected chi connectivity index (χ3v) is 5.04. The summed E-state index contributed by atoms with van der Waals surface area (Å²) in [7, 11) is 0. The van der Waals surface area contributed by atoms with Crippen LogP contribution in [0.2, 0.25) is 5.02 Å². The van der Waals surface area contributed by atoms with Gasteiger partial charge in [0.1, 0.15) is 11.6 Å². The number of H-pyrrole nitrogens is 1. The largest absolute Gasteiger partial charge is 0.368 e. The number of aromatic amines is 1. The van der Waals surface area contributed by atoms with Gasteiger partial charge >= 0.3 is 0 Å². The summed E-state index contributed by atoms with van der Waals surface area (Å²) in [5.41, 5.74) is 3.72. The number of para-hydroxylation sites is 1. The van der Waals surface area contributed by atoms with E-state index in [0.29, 0.717) is 10.7 Å². The van der Waals surface area contributed by atoms with E-state index in [-0.39, 0.29) is 11.7 Å². The minimum Gasteiger partial charge on any atom is -0.368 e. The van der Waals surface area contributed by atoms with E-state index in [1.807, 2.05) is 43.3 Å². The Kier molecular flexibility index (Phi) is 4.22. The van der Waals surface area contributed by atoms with E-state index in [4.69, 9.17) is 16.6 Å². The number of benzene rings is 2. The van der Waals surface area contributed by atoms with Crippen LogP contribution in [0.15, 0.2) is 48.5 Å². The van der Waals surface area contributed by atoms with Crippen LogP contribution in [0.3, 0.4) is 0 Å². The molecule has 1 N–H and O–H groups in total. The first-order valence-electron chi connectivity index (χ1n) is 8.44. The molecule has 0 saturated carbocycles. The van der Waals surface area contributed by atoms with E-state index in [2.05, 4.69) is 9.88 Å². The van der Waals surface area contributed by atoms with Crippen molar-refractivity contribution in [2.75, 3.05) is 18.0 Å². The Labute approximate surface area is 151 Å². The molecule has 1 atom stereocenters. The molecule has 25 heavy (non-hydrogen) atoms. The zero-order valence-corrected chi connectivity index (χ0v) is 14.7. The van der Waals surface area contributed by atoms with Crippen LogP contribution in [0.4, 0.5) is 10.1 Å². The average molecular weight is 356 g/mol. The maximum atomic E-state index is 14.0. The Morgan fingerprint density at radius 1 is 1.16 bits per heavy atom. The lowest BCUT2D eigenvalue weighted by molar-refractivity contribution is 0.622. The molecule has 1 aromatic heterocycles. The highest BCUT2D eigenvalue weighted by molar-refractivity contribution is 6.30. The summed E-state index contributed by atoms with van der Waals surface area (Å²) in [6, 6.07) is 14.7. The summed E-state index contributed by atoms with van der Waals surface area (Å²) in [5.74, 6) is 1.08. The number of hydrogen-bond acceptors (Lipinski definition) is 2. The molecule has 1 unspecified atom stereocenters. The Morgan fingerprint density at radius 3 is 2.68 bits per heavy atom. The van der Waals surface area contributed by atoms with Crippen LogP contribution in [0.5, 0.6) is 0 Å². The number of halogens is 2. The van der Waals surface area contributed by atoms with Gasteiger partial charge < -0.3 is 9.88 Å². The van der Waals surface area contributed by atoms with Gasteiger partial charge in [-0.2, -0.15) is 0 Å². The molecule has 0 bridgehead atoms. The van der Waals surface area contributed by atoms with Gasteiger partial charge in [-0.25, -0.2) is 9.37 Å². The van der Waals surface area contributed by atoms with Crippen LogP contribution in [0.1, 0.15) is 23.9 Å². The van der Waals surface area contributed by atoms with Gasteiger partial charge in [0.2, 0.25) is 0 Å². The standard InChI is InChI=1S/C20H19ClFN3/c1-13-19(14-6-8-16(21)9-7-14)24-20(23-13)15-10-11-25(12-15)18-5-3-2-4-17(18)22/h2-9,15H,10-12H2,1H3,(H,23,24). The van der Waals surface area contributed by atoms with E-state index in [9.17, 15) is 4.39 Å². The predicted molar refractivity (Wildman–Crippen MR) is 99.7 cm³/mol. The molecule has 2 heterocycles. The molecule has 3 aromatic rings.